The van der Waals surface area contributed by atoms with Gasteiger partial charge in [-0.05, 0) is 51.4 Å². The second-order valence-electron chi connectivity index (χ2n) is 24.5. The monoisotopic (exact) mass is 1130 g/mol. The average Bonchev–Trinajstić information content (AvgIpc) is 3.43. The number of likely N-dealkylation sites (N-methyl/N-ethyl adjacent to an activating group) is 1. The van der Waals surface area contributed by atoms with E-state index in [1.54, 1.807) is 0 Å². The molecule has 0 rings (SSSR count). The van der Waals surface area contributed by atoms with Crippen molar-refractivity contribution in [3.63, 3.8) is 0 Å². The number of allylic oxidation sites excluding steroid dienone is 8. The van der Waals surface area contributed by atoms with Crippen molar-refractivity contribution < 1.29 is 42.9 Å². The van der Waals surface area contributed by atoms with Gasteiger partial charge in [-0.3, -0.25) is 9.59 Å². The van der Waals surface area contributed by atoms with Crippen LogP contribution in [-0.4, -0.2) is 87.4 Å². The molecule has 0 heterocycles. The van der Waals surface area contributed by atoms with Crippen molar-refractivity contribution in [2.24, 2.45) is 0 Å². The molecular formula is C71H132NO8+. The van der Waals surface area contributed by atoms with Crippen molar-refractivity contribution in [2.75, 3.05) is 47.5 Å². The van der Waals surface area contributed by atoms with Crippen molar-refractivity contribution in [2.45, 2.75) is 341 Å². The molecule has 0 saturated carbocycles. The highest BCUT2D eigenvalue weighted by Crippen LogP contribution is 2.19. The van der Waals surface area contributed by atoms with E-state index in [1.807, 2.05) is 21.1 Å². The van der Waals surface area contributed by atoms with Crippen molar-refractivity contribution in [3.05, 3.63) is 48.6 Å². The van der Waals surface area contributed by atoms with E-state index in [2.05, 4.69) is 62.5 Å². The van der Waals surface area contributed by atoms with E-state index < -0.39 is 18.4 Å². The Morgan fingerprint density at radius 1 is 0.388 bits per heavy atom. The Kier molecular flexibility index (Phi) is 60.2. The second kappa shape index (κ2) is 62.3. The first-order valence-corrected chi connectivity index (χ1v) is 34.3. The standard InChI is InChI=1S/C71H131NO8/c1-6-8-10-12-14-16-18-20-22-24-26-28-30-32-34-35-36-38-40-42-44-46-48-50-52-54-56-58-60-62-69(74)80-67(66-79-71(70(75)76)77-64-63-72(3,4)5)65-78-68(73)61-59-57-55-53-51-49-47-45-43-41-39-37-33-31-29-27-25-23-21-19-17-15-13-11-9-7-2/h8,10,14,16,20,22,26,28,67,71H,6-7,9,11-13,15,17-19,21,23-25,27,29-66H2,1-5H3/p+1/b10-8-,16-14-,22-20-,28-26-. The smallest absolute Gasteiger partial charge is 0.361 e. The van der Waals surface area contributed by atoms with Crippen LogP contribution in [0.1, 0.15) is 328 Å². The molecule has 0 fully saturated rings. The van der Waals surface area contributed by atoms with Crippen LogP contribution in [-0.2, 0) is 33.3 Å². The topological polar surface area (TPSA) is 108 Å². The first-order valence-electron chi connectivity index (χ1n) is 34.3. The quantitative estimate of drug-likeness (QED) is 0.0211. The van der Waals surface area contributed by atoms with Gasteiger partial charge in [0.1, 0.15) is 13.2 Å². The van der Waals surface area contributed by atoms with Crippen LogP contribution in [0.25, 0.3) is 0 Å². The molecule has 0 aromatic heterocycles. The number of ether oxygens (including phenoxy) is 4. The summed E-state index contributed by atoms with van der Waals surface area (Å²) >= 11 is 0. The minimum atomic E-state index is -1.51. The first kappa shape index (κ1) is 77.2. The minimum Gasteiger partial charge on any atom is -0.477 e. The van der Waals surface area contributed by atoms with Gasteiger partial charge in [0.15, 0.2) is 6.10 Å². The Hall–Kier alpha value is -2.75. The highest BCUT2D eigenvalue weighted by atomic mass is 16.7. The van der Waals surface area contributed by atoms with Gasteiger partial charge < -0.3 is 28.5 Å². The molecule has 80 heavy (non-hydrogen) atoms. The Morgan fingerprint density at radius 3 is 1.06 bits per heavy atom. The van der Waals surface area contributed by atoms with Crippen LogP contribution in [0.2, 0.25) is 0 Å². The lowest BCUT2D eigenvalue weighted by atomic mass is 10.0. The summed E-state index contributed by atoms with van der Waals surface area (Å²) in [6.07, 6.45) is 76.5. The molecule has 2 atom stereocenters. The van der Waals surface area contributed by atoms with Crippen molar-refractivity contribution in [1.82, 2.24) is 0 Å². The van der Waals surface area contributed by atoms with E-state index in [0.717, 1.165) is 64.2 Å². The van der Waals surface area contributed by atoms with Crippen molar-refractivity contribution >= 4 is 17.9 Å². The molecule has 0 aliphatic heterocycles. The third-order valence-electron chi connectivity index (χ3n) is 15.3. The number of carboxylic acids is 1. The number of nitrogens with zero attached hydrogens (tertiary/aromatic N) is 1. The number of carbonyl (C=O) groups excluding carboxylic acids is 2. The molecule has 468 valence electrons. The predicted octanol–water partition coefficient (Wildman–Crippen LogP) is 21.0. The average molecular weight is 1130 g/mol. The molecule has 0 radical (unpaired) electrons. The fraction of sp³-hybridized carbons (Fsp3) is 0.845. The highest BCUT2D eigenvalue weighted by Gasteiger charge is 2.25. The van der Waals surface area contributed by atoms with E-state index in [9.17, 15) is 19.5 Å². The third-order valence-corrected chi connectivity index (χ3v) is 15.3. The minimum absolute atomic E-state index is 0.177. The van der Waals surface area contributed by atoms with Gasteiger partial charge >= 0.3 is 17.9 Å². The van der Waals surface area contributed by atoms with E-state index in [1.165, 1.54) is 238 Å². The van der Waals surface area contributed by atoms with Crippen LogP contribution in [0.3, 0.4) is 0 Å². The van der Waals surface area contributed by atoms with E-state index in [4.69, 9.17) is 18.9 Å². The Labute approximate surface area is 495 Å². The van der Waals surface area contributed by atoms with Gasteiger partial charge in [0.05, 0.1) is 34.4 Å². The van der Waals surface area contributed by atoms with Crippen LogP contribution in [0.5, 0.6) is 0 Å². The van der Waals surface area contributed by atoms with E-state index >= 15 is 0 Å². The normalized spacial score (nSPS) is 13.0. The van der Waals surface area contributed by atoms with Crippen LogP contribution in [0.15, 0.2) is 48.6 Å². The third kappa shape index (κ3) is 62.8. The number of unbranched alkanes of at least 4 members (excludes halogenated alkanes) is 41. The second-order valence-corrected chi connectivity index (χ2v) is 24.5. The molecule has 0 saturated heterocycles. The number of quaternary nitrogens is 1. The first-order chi connectivity index (χ1) is 39.1. The lowest BCUT2D eigenvalue weighted by Crippen LogP contribution is -2.40. The van der Waals surface area contributed by atoms with Gasteiger partial charge in [-0.2, -0.15) is 0 Å². The Morgan fingerprint density at radius 2 is 0.713 bits per heavy atom. The molecule has 0 aromatic carbocycles. The number of hydrogen-bond acceptors (Lipinski definition) is 7. The lowest BCUT2D eigenvalue weighted by molar-refractivity contribution is -0.870. The van der Waals surface area contributed by atoms with Crippen LogP contribution in [0.4, 0.5) is 0 Å². The van der Waals surface area contributed by atoms with Crippen LogP contribution < -0.4 is 0 Å². The lowest BCUT2D eigenvalue weighted by Gasteiger charge is -2.25. The molecule has 0 aliphatic carbocycles. The Bertz CT molecular complexity index is 1450. The summed E-state index contributed by atoms with van der Waals surface area (Å²) in [5.74, 6) is -1.98. The van der Waals surface area contributed by atoms with Gasteiger partial charge in [-0.15, -0.1) is 0 Å². The molecule has 0 amide bonds. The van der Waals surface area contributed by atoms with E-state index in [-0.39, 0.29) is 38.2 Å². The molecule has 0 spiro atoms. The van der Waals surface area contributed by atoms with Gasteiger partial charge in [0, 0.05) is 12.8 Å². The fourth-order valence-corrected chi connectivity index (χ4v) is 10.1. The van der Waals surface area contributed by atoms with Gasteiger partial charge in [-0.25, -0.2) is 4.79 Å². The number of carboxylic acid groups (broad SMARTS) is 1. The number of esters is 2. The molecular weight excluding hydrogens is 995 g/mol. The molecule has 1 N–H and O–H groups in total. The SMILES string of the molecule is CC/C=C\C/C=C\C/C=C\C/C=C\CCCCCCCCCCCCCCCCCCC(=O)OC(COC(=O)CCCCCCCCCCCCCCCCCCCCCCCCCCCC)COC(OCC[N+](C)(C)C)C(=O)O. The maximum atomic E-state index is 12.9. The fourth-order valence-electron chi connectivity index (χ4n) is 10.1. The number of hydrogen-bond donors (Lipinski definition) is 1. The molecule has 0 bridgehead atoms. The molecule has 0 aliphatic rings. The maximum Gasteiger partial charge on any atom is 0.361 e. The maximum absolute atomic E-state index is 12.9. The van der Waals surface area contributed by atoms with Crippen LogP contribution in [0, 0.1) is 0 Å². The predicted molar refractivity (Wildman–Crippen MR) is 341 cm³/mol. The molecule has 9 nitrogen and oxygen atoms in total. The summed E-state index contributed by atoms with van der Waals surface area (Å²) in [6.45, 7) is 4.83. The number of aliphatic carboxylic acids is 1. The molecule has 0 aromatic rings. The van der Waals surface area contributed by atoms with Gasteiger partial charge in [0.2, 0.25) is 0 Å². The zero-order chi connectivity index (χ0) is 58.3. The van der Waals surface area contributed by atoms with Crippen molar-refractivity contribution in [1.29, 1.82) is 0 Å². The van der Waals surface area contributed by atoms with Crippen LogP contribution >= 0.6 is 0 Å². The summed E-state index contributed by atoms with van der Waals surface area (Å²) < 4.78 is 23.0. The summed E-state index contributed by atoms with van der Waals surface area (Å²) in [4.78, 5) is 37.6. The zero-order valence-corrected chi connectivity index (χ0v) is 53.5. The molecule has 9 heteroatoms. The summed E-state index contributed by atoms with van der Waals surface area (Å²) in [6, 6.07) is 0. The van der Waals surface area contributed by atoms with Gasteiger partial charge in [-0.1, -0.05) is 313 Å². The highest BCUT2D eigenvalue weighted by molar-refractivity contribution is 5.71. The number of rotatable bonds is 64. The van der Waals surface area contributed by atoms with Crippen molar-refractivity contribution in [3.8, 4) is 0 Å². The Balaban J connectivity index is 4.09. The number of carbonyl (C=O) groups is 3. The summed E-state index contributed by atoms with van der Waals surface area (Å²) in [5, 5.41) is 9.74. The van der Waals surface area contributed by atoms with E-state index in [0.29, 0.717) is 17.4 Å². The summed E-state index contributed by atoms with van der Waals surface area (Å²) in [7, 11) is 5.99. The zero-order valence-electron chi connectivity index (χ0n) is 53.5. The molecule has 2 unspecified atom stereocenters. The van der Waals surface area contributed by atoms with Gasteiger partial charge in [0.25, 0.3) is 6.29 Å². The summed E-state index contributed by atoms with van der Waals surface area (Å²) in [5.41, 5.74) is 0. The largest absolute Gasteiger partial charge is 0.477 e.